The number of carbonyl (C=O) groups excluding carboxylic acids is 1. The Kier molecular flexibility index (Phi) is 5.41. The number of fused-ring (bicyclic) bond motifs is 1. The molecule has 0 spiro atoms. The lowest BCUT2D eigenvalue weighted by Crippen LogP contribution is -2.13. The SMILES string of the molecule is O=C(Nc1cc(Cl)c(Cl)cc1Cl)c1cc(-c2ccc(F)cc2)nc2ccccc12. The van der Waals surface area contributed by atoms with Gasteiger partial charge in [-0.2, -0.15) is 0 Å². The molecule has 1 heterocycles. The lowest BCUT2D eigenvalue weighted by atomic mass is 10.0. The molecular weight excluding hydrogens is 434 g/mol. The van der Waals surface area contributed by atoms with E-state index in [1.54, 1.807) is 18.2 Å². The van der Waals surface area contributed by atoms with Crippen LogP contribution < -0.4 is 5.32 Å². The number of benzene rings is 3. The molecule has 0 radical (unpaired) electrons. The van der Waals surface area contributed by atoms with Gasteiger partial charge in [0.1, 0.15) is 5.82 Å². The molecule has 0 fully saturated rings. The van der Waals surface area contributed by atoms with E-state index < -0.39 is 0 Å². The van der Waals surface area contributed by atoms with Crippen LogP contribution in [0.5, 0.6) is 0 Å². The van der Waals surface area contributed by atoms with E-state index in [9.17, 15) is 9.18 Å². The Balaban J connectivity index is 1.80. The van der Waals surface area contributed by atoms with Gasteiger partial charge in [0.25, 0.3) is 5.91 Å². The summed E-state index contributed by atoms with van der Waals surface area (Å²) in [5.74, 6) is -0.728. The highest BCUT2D eigenvalue weighted by Gasteiger charge is 2.16. The van der Waals surface area contributed by atoms with Gasteiger partial charge in [0.15, 0.2) is 0 Å². The summed E-state index contributed by atoms with van der Waals surface area (Å²) in [6.07, 6.45) is 0. The maximum Gasteiger partial charge on any atom is 0.256 e. The molecule has 3 nitrogen and oxygen atoms in total. The largest absolute Gasteiger partial charge is 0.321 e. The normalized spacial score (nSPS) is 10.9. The zero-order chi connectivity index (χ0) is 20.5. The van der Waals surface area contributed by atoms with E-state index in [0.717, 1.165) is 0 Å². The molecule has 0 saturated carbocycles. The fraction of sp³-hybridized carbons (Fsp3) is 0. The van der Waals surface area contributed by atoms with Gasteiger partial charge in [-0.25, -0.2) is 9.37 Å². The number of para-hydroxylation sites is 1. The van der Waals surface area contributed by atoms with Gasteiger partial charge in [-0.05, 0) is 48.5 Å². The van der Waals surface area contributed by atoms with Crippen LogP contribution in [-0.4, -0.2) is 10.9 Å². The molecule has 4 aromatic rings. The minimum Gasteiger partial charge on any atom is -0.321 e. The Morgan fingerprint density at radius 3 is 2.31 bits per heavy atom. The van der Waals surface area contributed by atoms with Crippen LogP contribution in [0.15, 0.2) is 66.7 Å². The molecule has 1 aromatic heterocycles. The van der Waals surface area contributed by atoms with Crippen molar-refractivity contribution in [2.24, 2.45) is 0 Å². The van der Waals surface area contributed by atoms with E-state index >= 15 is 0 Å². The standard InChI is InChI=1S/C22H12Cl3FN2O/c23-16-10-18(25)21(11-17(16)24)28-22(29)15-9-20(12-5-7-13(26)8-6-12)27-19-4-2-1-3-14(15)19/h1-11H,(H,28,29). The lowest BCUT2D eigenvalue weighted by Gasteiger charge is -2.12. The molecule has 7 heteroatoms. The van der Waals surface area contributed by atoms with Crippen LogP contribution in [0.2, 0.25) is 15.1 Å². The third-order valence-corrected chi connectivity index (χ3v) is 5.39. The molecule has 29 heavy (non-hydrogen) atoms. The van der Waals surface area contributed by atoms with E-state index in [4.69, 9.17) is 34.8 Å². The molecule has 4 rings (SSSR count). The number of nitrogens with one attached hydrogen (secondary N) is 1. The summed E-state index contributed by atoms with van der Waals surface area (Å²) in [7, 11) is 0. The quantitative estimate of drug-likeness (QED) is 0.337. The van der Waals surface area contributed by atoms with E-state index in [1.165, 1.54) is 24.3 Å². The summed E-state index contributed by atoms with van der Waals surface area (Å²) in [5.41, 5.74) is 2.62. The van der Waals surface area contributed by atoms with Crippen LogP contribution in [0.25, 0.3) is 22.2 Å². The first kappa shape index (κ1) is 19.6. The Bertz CT molecular complexity index is 1240. The van der Waals surface area contributed by atoms with Crippen molar-refractivity contribution in [3.63, 3.8) is 0 Å². The Morgan fingerprint density at radius 2 is 1.55 bits per heavy atom. The predicted octanol–water partition coefficient (Wildman–Crippen LogP) is 7.25. The molecule has 0 aliphatic heterocycles. The summed E-state index contributed by atoms with van der Waals surface area (Å²) in [5, 5.41) is 4.28. The average molecular weight is 446 g/mol. The number of halogens is 4. The van der Waals surface area contributed by atoms with E-state index in [2.05, 4.69) is 10.3 Å². The number of carbonyl (C=O) groups is 1. The van der Waals surface area contributed by atoms with E-state index in [1.807, 2.05) is 24.3 Å². The van der Waals surface area contributed by atoms with Crippen molar-refractivity contribution in [3.8, 4) is 11.3 Å². The topological polar surface area (TPSA) is 42.0 Å². The van der Waals surface area contributed by atoms with E-state index in [0.29, 0.717) is 38.4 Å². The Labute approximate surface area is 181 Å². The van der Waals surface area contributed by atoms with Gasteiger partial charge in [0, 0.05) is 10.9 Å². The van der Waals surface area contributed by atoms with Crippen LogP contribution >= 0.6 is 34.8 Å². The number of pyridine rings is 1. The van der Waals surface area contributed by atoms with E-state index in [-0.39, 0.29) is 21.8 Å². The summed E-state index contributed by atoms with van der Waals surface area (Å²) >= 11 is 18.2. The highest BCUT2D eigenvalue weighted by molar-refractivity contribution is 6.44. The second kappa shape index (κ2) is 7.99. The van der Waals surface area contributed by atoms with Gasteiger partial charge < -0.3 is 5.32 Å². The van der Waals surface area contributed by atoms with Gasteiger partial charge in [0.05, 0.1) is 37.5 Å². The molecule has 0 atom stereocenters. The van der Waals surface area contributed by atoms with Crippen LogP contribution in [-0.2, 0) is 0 Å². The number of anilines is 1. The summed E-state index contributed by atoms with van der Waals surface area (Å²) in [6, 6.07) is 17.8. The number of hydrogen-bond donors (Lipinski definition) is 1. The van der Waals surface area contributed by atoms with Gasteiger partial charge >= 0.3 is 0 Å². The molecule has 0 bridgehead atoms. The third-order valence-electron chi connectivity index (χ3n) is 4.36. The minimum absolute atomic E-state index is 0.268. The first-order valence-electron chi connectivity index (χ1n) is 8.54. The summed E-state index contributed by atoms with van der Waals surface area (Å²) in [4.78, 5) is 17.7. The highest BCUT2D eigenvalue weighted by Crippen LogP contribution is 2.33. The number of amides is 1. The van der Waals surface area contributed by atoms with Crippen molar-refractivity contribution >= 4 is 57.3 Å². The van der Waals surface area contributed by atoms with Gasteiger partial charge in [-0.1, -0.05) is 53.0 Å². The second-order valence-corrected chi connectivity index (χ2v) is 7.50. The van der Waals surface area contributed by atoms with Gasteiger partial charge in [-0.15, -0.1) is 0 Å². The van der Waals surface area contributed by atoms with Crippen LogP contribution in [0.3, 0.4) is 0 Å². The molecule has 1 amide bonds. The zero-order valence-electron chi connectivity index (χ0n) is 14.7. The van der Waals surface area contributed by atoms with Gasteiger partial charge in [0.2, 0.25) is 0 Å². The molecule has 0 aliphatic rings. The van der Waals surface area contributed by atoms with Crippen LogP contribution in [0, 0.1) is 5.82 Å². The average Bonchev–Trinajstić information content (AvgIpc) is 2.71. The Hall–Kier alpha value is -2.66. The first-order chi connectivity index (χ1) is 13.9. The number of aromatic nitrogens is 1. The van der Waals surface area contributed by atoms with Gasteiger partial charge in [-0.3, -0.25) is 4.79 Å². The second-order valence-electron chi connectivity index (χ2n) is 6.28. The number of hydrogen-bond acceptors (Lipinski definition) is 2. The minimum atomic E-state index is -0.382. The van der Waals surface area contributed by atoms with Crippen LogP contribution in [0.4, 0.5) is 10.1 Å². The molecule has 1 N–H and O–H groups in total. The monoisotopic (exact) mass is 444 g/mol. The summed E-state index contributed by atoms with van der Waals surface area (Å²) in [6.45, 7) is 0. The van der Waals surface area contributed by atoms with Crippen molar-refractivity contribution < 1.29 is 9.18 Å². The fourth-order valence-corrected chi connectivity index (χ4v) is 3.53. The van der Waals surface area contributed by atoms with Crippen molar-refractivity contribution in [1.82, 2.24) is 4.98 Å². The summed E-state index contributed by atoms with van der Waals surface area (Å²) < 4.78 is 13.3. The molecule has 0 saturated heterocycles. The molecule has 144 valence electrons. The van der Waals surface area contributed by atoms with Crippen molar-refractivity contribution in [1.29, 1.82) is 0 Å². The van der Waals surface area contributed by atoms with Crippen molar-refractivity contribution in [2.75, 3.05) is 5.32 Å². The number of rotatable bonds is 3. The third kappa shape index (κ3) is 4.06. The van der Waals surface area contributed by atoms with Crippen molar-refractivity contribution in [3.05, 3.63) is 93.2 Å². The molecular formula is C22H12Cl3FN2O. The predicted molar refractivity (Wildman–Crippen MR) is 117 cm³/mol. The van der Waals surface area contributed by atoms with Crippen molar-refractivity contribution in [2.45, 2.75) is 0 Å². The molecule has 0 unspecified atom stereocenters. The Morgan fingerprint density at radius 1 is 0.862 bits per heavy atom. The smallest absolute Gasteiger partial charge is 0.256 e. The maximum atomic E-state index is 13.3. The lowest BCUT2D eigenvalue weighted by molar-refractivity contribution is 0.102. The fourth-order valence-electron chi connectivity index (χ4n) is 2.94. The molecule has 0 aliphatic carbocycles. The number of nitrogens with zero attached hydrogens (tertiary/aromatic N) is 1. The maximum absolute atomic E-state index is 13.3. The zero-order valence-corrected chi connectivity index (χ0v) is 17.0. The first-order valence-corrected chi connectivity index (χ1v) is 9.67. The van der Waals surface area contributed by atoms with Crippen LogP contribution in [0.1, 0.15) is 10.4 Å². The highest BCUT2D eigenvalue weighted by atomic mass is 35.5. The molecule has 3 aromatic carbocycles.